The molecule has 0 fully saturated rings. The maximum absolute atomic E-state index is 12.4. The maximum Gasteiger partial charge on any atom is 0.307 e. The average molecular weight is 684 g/mol. The molecule has 0 bridgehead atoms. The second-order valence-corrected chi connectivity index (χ2v) is 9.93. The number of nitrogens with zero attached hydrogens (tertiary/aromatic N) is 1. The van der Waals surface area contributed by atoms with Gasteiger partial charge in [-0.2, -0.15) is 5.10 Å². The van der Waals surface area contributed by atoms with Gasteiger partial charge in [-0.3, -0.25) is 4.79 Å². The second kappa shape index (κ2) is 10.7. The summed E-state index contributed by atoms with van der Waals surface area (Å²) in [5.41, 5.74) is 4.94. The van der Waals surface area contributed by atoms with Crippen molar-refractivity contribution in [2.45, 2.75) is 6.61 Å². The Labute approximate surface area is 220 Å². The first-order chi connectivity index (χ1) is 15.9. The fraction of sp³-hybridized carbons (Fsp3) is 0.0833. The molecule has 1 heterocycles. The third-order valence-electron chi connectivity index (χ3n) is 4.63. The number of methoxy groups -OCH3 is 1. The Hall–Kier alpha value is -2.37. The Bertz CT molecular complexity index is 1340. The summed E-state index contributed by atoms with van der Waals surface area (Å²) in [6.45, 7) is 0.417. The molecule has 1 N–H and O–H groups in total. The van der Waals surface area contributed by atoms with Crippen LogP contribution in [-0.4, -0.2) is 19.2 Å². The van der Waals surface area contributed by atoms with Gasteiger partial charge in [-0.05, 0) is 82.2 Å². The van der Waals surface area contributed by atoms with E-state index in [2.05, 4.69) is 65.0 Å². The fourth-order valence-corrected chi connectivity index (χ4v) is 4.96. The van der Waals surface area contributed by atoms with Crippen LogP contribution in [0.15, 0.2) is 79.1 Å². The predicted octanol–water partition coefficient (Wildman–Crippen LogP) is 6.91. The van der Waals surface area contributed by atoms with E-state index in [-0.39, 0.29) is 5.76 Å². The molecule has 0 spiro atoms. The van der Waals surface area contributed by atoms with Gasteiger partial charge in [-0.15, -0.1) is 0 Å². The van der Waals surface area contributed by atoms with Crippen LogP contribution < -0.4 is 14.9 Å². The summed E-state index contributed by atoms with van der Waals surface area (Å²) in [7, 11) is 1.58. The van der Waals surface area contributed by atoms with Gasteiger partial charge < -0.3 is 13.9 Å². The number of ether oxygens (including phenoxy) is 2. The lowest BCUT2D eigenvalue weighted by Gasteiger charge is -2.11. The minimum absolute atomic E-state index is 0.187. The van der Waals surface area contributed by atoms with E-state index in [1.165, 1.54) is 6.21 Å². The SMILES string of the molecule is COc1cc(/C=N\NC(=O)c2cc3cc(Br)cc(I)c3o2)ccc1OCc1ccc(Br)cc1. The van der Waals surface area contributed by atoms with E-state index >= 15 is 0 Å². The second-order valence-electron chi connectivity index (χ2n) is 6.94. The molecular weight excluding hydrogens is 667 g/mol. The summed E-state index contributed by atoms with van der Waals surface area (Å²) in [6, 6.07) is 18.8. The highest BCUT2D eigenvalue weighted by atomic mass is 127. The number of rotatable bonds is 7. The molecule has 1 amide bonds. The molecule has 0 saturated heterocycles. The van der Waals surface area contributed by atoms with Crippen LogP contribution in [0.25, 0.3) is 11.0 Å². The number of carbonyl (C=O) groups is 1. The first-order valence-electron chi connectivity index (χ1n) is 9.70. The molecule has 0 aliphatic rings. The van der Waals surface area contributed by atoms with Crippen LogP contribution in [0.5, 0.6) is 11.5 Å². The number of carbonyl (C=O) groups excluding carboxylic acids is 1. The number of amides is 1. The third kappa shape index (κ3) is 5.96. The number of hydrogen-bond donors (Lipinski definition) is 1. The quantitative estimate of drug-likeness (QED) is 0.131. The first kappa shape index (κ1) is 23.8. The van der Waals surface area contributed by atoms with Crippen LogP contribution in [0.3, 0.4) is 0 Å². The largest absolute Gasteiger partial charge is 0.493 e. The minimum atomic E-state index is -0.434. The van der Waals surface area contributed by atoms with Crippen LogP contribution in [0.1, 0.15) is 21.7 Å². The minimum Gasteiger partial charge on any atom is -0.493 e. The molecule has 0 aliphatic carbocycles. The van der Waals surface area contributed by atoms with Crippen molar-refractivity contribution in [3.8, 4) is 11.5 Å². The molecule has 1 aromatic heterocycles. The number of fused-ring (bicyclic) bond motifs is 1. The zero-order valence-corrected chi connectivity index (χ0v) is 22.6. The summed E-state index contributed by atoms with van der Waals surface area (Å²) >= 11 is 9.04. The van der Waals surface area contributed by atoms with E-state index in [9.17, 15) is 4.79 Å². The molecule has 0 radical (unpaired) electrons. The highest BCUT2D eigenvalue weighted by molar-refractivity contribution is 14.1. The highest BCUT2D eigenvalue weighted by Crippen LogP contribution is 2.29. The molecule has 9 heteroatoms. The van der Waals surface area contributed by atoms with Crippen molar-refractivity contribution >= 4 is 77.5 Å². The molecule has 6 nitrogen and oxygen atoms in total. The zero-order valence-electron chi connectivity index (χ0n) is 17.3. The van der Waals surface area contributed by atoms with Gasteiger partial charge in [0.1, 0.15) is 12.2 Å². The summed E-state index contributed by atoms with van der Waals surface area (Å²) < 4.78 is 19.9. The molecule has 33 heavy (non-hydrogen) atoms. The van der Waals surface area contributed by atoms with Gasteiger partial charge in [0.25, 0.3) is 0 Å². The van der Waals surface area contributed by atoms with Gasteiger partial charge >= 0.3 is 5.91 Å². The third-order valence-corrected chi connectivity index (χ3v) is 6.42. The molecule has 4 aromatic rings. The molecule has 3 aromatic carbocycles. The maximum atomic E-state index is 12.4. The van der Waals surface area contributed by atoms with Gasteiger partial charge in [0.05, 0.1) is 16.9 Å². The Morgan fingerprint density at radius 2 is 1.85 bits per heavy atom. The van der Waals surface area contributed by atoms with Gasteiger partial charge in [0.2, 0.25) is 0 Å². The summed E-state index contributed by atoms with van der Waals surface area (Å²) in [5, 5.41) is 4.88. The Kier molecular flexibility index (Phi) is 7.71. The highest BCUT2D eigenvalue weighted by Gasteiger charge is 2.14. The number of hydrogen-bond acceptors (Lipinski definition) is 5. The fourth-order valence-electron chi connectivity index (χ4n) is 3.03. The van der Waals surface area contributed by atoms with E-state index < -0.39 is 5.91 Å². The number of halogens is 3. The Morgan fingerprint density at radius 1 is 1.06 bits per heavy atom. The van der Waals surface area contributed by atoms with E-state index in [0.29, 0.717) is 23.7 Å². The van der Waals surface area contributed by atoms with Crippen molar-refractivity contribution in [1.82, 2.24) is 5.43 Å². The molecule has 168 valence electrons. The monoisotopic (exact) mass is 682 g/mol. The zero-order chi connectivity index (χ0) is 23.4. The number of hydrazone groups is 1. The topological polar surface area (TPSA) is 73.1 Å². The lowest BCUT2D eigenvalue weighted by molar-refractivity contribution is 0.0929. The van der Waals surface area contributed by atoms with Gasteiger partial charge in [-0.1, -0.05) is 44.0 Å². The molecule has 0 unspecified atom stereocenters. The predicted molar refractivity (Wildman–Crippen MR) is 143 cm³/mol. The Morgan fingerprint density at radius 3 is 2.61 bits per heavy atom. The van der Waals surface area contributed by atoms with E-state index in [0.717, 1.165) is 29.0 Å². The van der Waals surface area contributed by atoms with Crippen LogP contribution in [-0.2, 0) is 6.61 Å². The lowest BCUT2D eigenvalue weighted by Crippen LogP contribution is -2.16. The molecule has 4 rings (SSSR count). The van der Waals surface area contributed by atoms with E-state index in [4.69, 9.17) is 13.9 Å². The summed E-state index contributed by atoms with van der Waals surface area (Å²) in [4.78, 5) is 12.4. The average Bonchev–Trinajstić information content (AvgIpc) is 3.23. The van der Waals surface area contributed by atoms with Crippen molar-refractivity contribution in [3.05, 3.63) is 90.1 Å². The standard InChI is InChI=1S/C24H17Br2IN2O4/c1-31-21-8-15(4-7-20(21)32-13-14-2-5-17(25)6-3-14)12-28-29-24(30)22-10-16-9-18(26)11-19(27)23(16)33-22/h2-12H,13H2,1H3,(H,29,30)/b28-12-. The molecule has 0 atom stereocenters. The smallest absolute Gasteiger partial charge is 0.307 e. The summed E-state index contributed by atoms with van der Waals surface area (Å²) in [6.07, 6.45) is 1.53. The van der Waals surface area contributed by atoms with Crippen molar-refractivity contribution in [2.75, 3.05) is 7.11 Å². The van der Waals surface area contributed by atoms with Crippen molar-refractivity contribution < 1.29 is 18.7 Å². The van der Waals surface area contributed by atoms with Crippen LogP contribution in [0.4, 0.5) is 0 Å². The first-order valence-corrected chi connectivity index (χ1v) is 12.4. The lowest BCUT2D eigenvalue weighted by atomic mass is 10.2. The molecule has 0 saturated carbocycles. The van der Waals surface area contributed by atoms with Gasteiger partial charge in [0.15, 0.2) is 17.3 Å². The van der Waals surface area contributed by atoms with Crippen LogP contribution in [0.2, 0.25) is 0 Å². The number of furan rings is 1. The van der Waals surface area contributed by atoms with Gasteiger partial charge in [-0.25, -0.2) is 5.43 Å². The van der Waals surface area contributed by atoms with Gasteiger partial charge in [0, 0.05) is 14.3 Å². The van der Waals surface area contributed by atoms with Crippen LogP contribution >= 0.6 is 54.5 Å². The Balaban J connectivity index is 1.41. The van der Waals surface area contributed by atoms with E-state index in [1.54, 1.807) is 25.3 Å². The summed E-state index contributed by atoms with van der Waals surface area (Å²) in [5.74, 6) is 0.938. The van der Waals surface area contributed by atoms with Crippen molar-refractivity contribution in [1.29, 1.82) is 0 Å². The van der Waals surface area contributed by atoms with Crippen molar-refractivity contribution in [3.63, 3.8) is 0 Å². The molecular formula is C24H17Br2IN2O4. The number of nitrogens with one attached hydrogen (secondary N) is 1. The van der Waals surface area contributed by atoms with E-state index in [1.807, 2.05) is 42.5 Å². The number of benzene rings is 3. The molecule has 0 aliphatic heterocycles. The normalized spacial score (nSPS) is 11.2. The van der Waals surface area contributed by atoms with Crippen LogP contribution in [0, 0.1) is 3.57 Å². The van der Waals surface area contributed by atoms with Crippen molar-refractivity contribution in [2.24, 2.45) is 5.10 Å².